The summed E-state index contributed by atoms with van der Waals surface area (Å²) >= 11 is 0. The zero-order valence-corrected chi connectivity index (χ0v) is 13.9. The fraction of sp³-hybridized carbons (Fsp3) is 0.158. The van der Waals surface area contributed by atoms with Crippen molar-refractivity contribution in [2.75, 3.05) is 11.9 Å². The number of benzene rings is 2. The zero-order chi connectivity index (χ0) is 19.2. The SMILES string of the molecule is O=C(O)c1ccc(-n2nc(-c3ccc(C(F)(F)F)cc3)c3c2NCC3)cc1. The molecule has 0 bridgehead atoms. The molecule has 0 amide bonds. The van der Waals surface area contributed by atoms with Crippen molar-refractivity contribution < 1.29 is 23.1 Å². The number of fused-ring (bicyclic) bond motifs is 1. The molecule has 0 saturated carbocycles. The average Bonchev–Trinajstić information content (AvgIpc) is 3.24. The molecule has 0 fully saturated rings. The Hall–Kier alpha value is -3.29. The summed E-state index contributed by atoms with van der Waals surface area (Å²) in [6, 6.07) is 11.2. The van der Waals surface area contributed by atoms with Crippen LogP contribution in [0.15, 0.2) is 48.5 Å². The highest BCUT2D eigenvalue weighted by atomic mass is 19.4. The van der Waals surface area contributed by atoms with E-state index in [2.05, 4.69) is 10.4 Å². The van der Waals surface area contributed by atoms with Crippen molar-refractivity contribution in [2.24, 2.45) is 0 Å². The molecule has 2 N–H and O–H groups in total. The minimum absolute atomic E-state index is 0.165. The number of aromatic nitrogens is 2. The maximum absolute atomic E-state index is 12.8. The Morgan fingerprint density at radius 2 is 1.74 bits per heavy atom. The van der Waals surface area contributed by atoms with E-state index in [9.17, 15) is 18.0 Å². The van der Waals surface area contributed by atoms with E-state index in [-0.39, 0.29) is 5.56 Å². The number of carbonyl (C=O) groups is 1. The molecule has 0 unspecified atom stereocenters. The van der Waals surface area contributed by atoms with Gasteiger partial charge in [-0.1, -0.05) is 12.1 Å². The molecule has 1 aliphatic rings. The highest BCUT2D eigenvalue weighted by Crippen LogP contribution is 2.36. The number of hydrogen-bond acceptors (Lipinski definition) is 3. The van der Waals surface area contributed by atoms with E-state index >= 15 is 0 Å². The van der Waals surface area contributed by atoms with E-state index in [0.29, 0.717) is 29.9 Å². The molecule has 4 rings (SSSR count). The number of hydrogen-bond donors (Lipinski definition) is 2. The summed E-state index contributed by atoms with van der Waals surface area (Å²) in [7, 11) is 0. The summed E-state index contributed by atoms with van der Waals surface area (Å²) in [6.45, 7) is 0.702. The van der Waals surface area contributed by atoms with Crippen molar-refractivity contribution in [3.05, 3.63) is 65.2 Å². The standard InChI is InChI=1S/C19H14F3N3O2/c20-19(21,22)13-5-1-11(2-6-13)16-15-9-10-23-17(15)25(24-16)14-7-3-12(4-8-14)18(26)27/h1-8,23H,9-10H2,(H,26,27). The van der Waals surface area contributed by atoms with Crippen molar-refractivity contribution in [2.45, 2.75) is 12.6 Å². The predicted molar refractivity (Wildman–Crippen MR) is 93.2 cm³/mol. The van der Waals surface area contributed by atoms with Gasteiger partial charge >= 0.3 is 12.1 Å². The molecule has 0 saturated heterocycles. The number of aromatic carboxylic acids is 1. The lowest BCUT2D eigenvalue weighted by molar-refractivity contribution is -0.137. The first kappa shape index (κ1) is 17.1. The number of rotatable bonds is 3. The summed E-state index contributed by atoms with van der Waals surface area (Å²) in [5.41, 5.74) is 2.28. The molecule has 0 spiro atoms. The summed E-state index contributed by atoms with van der Waals surface area (Å²) in [5.74, 6) is -0.246. The molecule has 1 aromatic heterocycles. The third-order valence-electron chi connectivity index (χ3n) is 4.50. The molecule has 2 aromatic carbocycles. The third kappa shape index (κ3) is 3.03. The van der Waals surface area contributed by atoms with Gasteiger partial charge in [-0.15, -0.1) is 0 Å². The number of nitrogens with one attached hydrogen (secondary N) is 1. The van der Waals surface area contributed by atoms with E-state index in [1.807, 2.05) is 0 Å². The topological polar surface area (TPSA) is 67.1 Å². The van der Waals surface area contributed by atoms with E-state index in [4.69, 9.17) is 5.11 Å². The van der Waals surface area contributed by atoms with Crippen molar-refractivity contribution in [1.82, 2.24) is 9.78 Å². The Bertz CT molecular complexity index is 1010. The molecular weight excluding hydrogens is 359 g/mol. The van der Waals surface area contributed by atoms with Crippen molar-refractivity contribution in [3.63, 3.8) is 0 Å². The van der Waals surface area contributed by atoms with E-state index in [0.717, 1.165) is 23.5 Å². The summed E-state index contributed by atoms with van der Waals surface area (Å²) in [6.07, 6.45) is -3.67. The largest absolute Gasteiger partial charge is 0.478 e. The average molecular weight is 373 g/mol. The number of alkyl halides is 3. The number of carboxylic acids is 1. The third-order valence-corrected chi connectivity index (χ3v) is 4.50. The van der Waals surface area contributed by atoms with Gasteiger partial charge in [0.25, 0.3) is 0 Å². The van der Waals surface area contributed by atoms with Gasteiger partial charge in [-0.2, -0.15) is 18.3 Å². The molecule has 8 heteroatoms. The molecule has 138 valence electrons. The normalized spacial score (nSPS) is 13.3. The molecule has 2 heterocycles. The highest BCUT2D eigenvalue weighted by molar-refractivity contribution is 5.87. The van der Waals surface area contributed by atoms with Gasteiger partial charge in [0.1, 0.15) is 5.82 Å². The summed E-state index contributed by atoms with van der Waals surface area (Å²) in [5, 5.41) is 16.8. The number of nitrogens with zero attached hydrogens (tertiary/aromatic N) is 2. The van der Waals surface area contributed by atoms with Crippen LogP contribution in [0.2, 0.25) is 0 Å². The van der Waals surface area contributed by atoms with Gasteiger partial charge in [-0.05, 0) is 42.8 Å². The number of carboxylic acid groups (broad SMARTS) is 1. The first-order chi connectivity index (χ1) is 12.8. The van der Waals surface area contributed by atoms with Gasteiger partial charge in [0.05, 0.1) is 22.5 Å². The number of anilines is 1. The highest BCUT2D eigenvalue weighted by Gasteiger charge is 2.30. The van der Waals surface area contributed by atoms with Crippen LogP contribution in [0.25, 0.3) is 16.9 Å². The van der Waals surface area contributed by atoms with E-state index in [1.165, 1.54) is 24.3 Å². The van der Waals surface area contributed by atoms with E-state index < -0.39 is 17.7 Å². The van der Waals surface area contributed by atoms with Crippen LogP contribution in [-0.2, 0) is 12.6 Å². The van der Waals surface area contributed by atoms with Gasteiger partial charge in [0, 0.05) is 17.7 Å². The summed E-state index contributed by atoms with van der Waals surface area (Å²) in [4.78, 5) is 11.0. The van der Waals surface area contributed by atoms with Crippen LogP contribution in [-0.4, -0.2) is 27.4 Å². The lowest BCUT2D eigenvalue weighted by Crippen LogP contribution is -2.05. The first-order valence-corrected chi connectivity index (χ1v) is 8.22. The van der Waals surface area contributed by atoms with Crippen LogP contribution in [0.5, 0.6) is 0 Å². The summed E-state index contributed by atoms with van der Waals surface area (Å²) < 4.78 is 40.0. The first-order valence-electron chi connectivity index (χ1n) is 8.22. The minimum Gasteiger partial charge on any atom is -0.478 e. The Kier molecular flexibility index (Phi) is 3.91. The second-order valence-corrected chi connectivity index (χ2v) is 6.19. The van der Waals surface area contributed by atoms with Crippen LogP contribution in [0.3, 0.4) is 0 Å². The number of halogens is 3. The predicted octanol–water partition coefficient (Wildman–Crippen LogP) is 4.22. The lowest BCUT2D eigenvalue weighted by atomic mass is 10.0. The van der Waals surface area contributed by atoms with Crippen LogP contribution in [0, 0.1) is 0 Å². The van der Waals surface area contributed by atoms with Crippen molar-refractivity contribution in [1.29, 1.82) is 0 Å². The molecule has 0 radical (unpaired) electrons. The zero-order valence-electron chi connectivity index (χ0n) is 13.9. The Morgan fingerprint density at radius 3 is 2.33 bits per heavy atom. The van der Waals surface area contributed by atoms with Gasteiger partial charge in [0.15, 0.2) is 0 Å². The molecule has 0 aliphatic carbocycles. The molecular formula is C19H14F3N3O2. The lowest BCUT2D eigenvalue weighted by Gasteiger charge is -2.08. The minimum atomic E-state index is -4.38. The van der Waals surface area contributed by atoms with Crippen LogP contribution >= 0.6 is 0 Å². The van der Waals surface area contributed by atoms with Gasteiger partial charge in [0.2, 0.25) is 0 Å². The Balaban J connectivity index is 1.76. The quantitative estimate of drug-likeness (QED) is 0.721. The second-order valence-electron chi connectivity index (χ2n) is 6.19. The Labute approximate surface area is 152 Å². The van der Waals surface area contributed by atoms with Crippen LogP contribution in [0.1, 0.15) is 21.5 Å². The van der Waals surface area contributed by atoms with Gasteiger partial charge < -0.3 is 10.4 Å². The maximum atomic E-state index is 12.8. The second kappa shape index (κ2) is 6.15. The smallest absolute Gasteiger partial charge is 0.416 e. The molecule has 5 nitrogen and oxygen atoms in total. The fourth-order valence-electron chi connectivity index (χ4n) is 3.16. The fourth-order valence-corrected chi connectivity index (χ4v) is 3.16. The van der Waals surface area contributed by atoms with Crippen molar-refractivity contribution in [3.8, 4) is 16.9 Å². The molecule has 1 aliphatic heterocycles. The van der Waals surface area contributed by atoms with Crippen molar-refractivity contribution >= 4 is 11.8 Å². The molecule has 0 atom stereocenters. The maximum Gasteiger partial charge on any atom is 0.416 e. The molecule has 27 heavy (non-hydrogen) atoms. The van der Waals surface area contributed by atoms with E-state index in [1.54, 1.807) is 16.8 Å². The Morgan fingerprint density at radius 1 is 1.07 bits per heavy atom. The van der Waals surface area contributed by atoms with Gasteiger partial charge in [-0.25, -0.2) is 9.48 Å². The molecule has 3 aromatic rings. The van der Waals surface area contributed by atoms with Crippen LogP contribution < -0.4 is 5.32 Å². The van der Waals surface area contributed by atoms with Crippen LogP contribution in [0.4, 0.5) is 19.0 Å². The van der Waals surface area contributed by atoms with Gasteiger partial charge in [-0.3, -0.25) is 0 Å². The monoisotopic (exact) mass is 373 g/mol.